The van der Waals surface area contributed by atoms with Crippen LogP contribution in [0.5, 0.6) is 0 Å². The monoisotopic (exact) mass is 341 g/mol. The van der Waals surface area contributed by atoms with E-state index in [2.05, 4.69) is 15.9 Å². The Balaban J connectivity index is 2.29. The van der Waals surface area contributed by atoms with Gasteiger partial charge in [-0.2, -0.15) is 0 Å². The van der Waals surface area contributed by atoms with E-state index in [4.69, 9.17) is 15.2 Å². The average Bonchev–Trinajstić information content (AvgIpc) is 2.39. The molecule has 4 nitrogen and oxygen atoms in total. The summed E-state index contributed by atoms with van der Waals surface area (Å²) in [7, 11) is 0. The molecule has 1 heterocycles. The van der Waals surface area contributed by atoms with Crippen molar-refractivity contribution in [2.45, 2.75) is 31.7 Å². The molecule has 0 spiro atoms. The van der Waals surface area contributed by atoms with Crippen LogP contribution in [0.25, 0.3) is 0 Å². The maximum Gasteiger partial charge on any atom is 0.310 e. The van der Waals surface area contributed by atoms with Crippen molar-refractivity contribution in [1.29, 1.82) is 0 Å². The number of hydrogen-bond acceptors (Lipinski definition) is 4. The van der Waals surface area contributed by atoms with Gasteiger partial charge in [-0.05, 0) is 43.0 Å². The standard InChI is InChI=1S/C15H20BrNO3/c1-2-20-14(18)9-11-8-12(16)4-5-13(11)15(17)6-3-7-19-10-15/h4-5,8H,2-3,6-7,9-10,17H2,1H3. The number of hydrogen-bond donors (Lipinski definition) is 1. The van der Waals surface area contributed by atoms with Gasteiger partial charge in [0, 0.05) is 11.1 Å². The van der Waals surface area contributed by atoms with Crippen LogP contribution in [0.3, 0.4) is 0 Å². The van der Waals surface area contributed by atoms with E-state index >= 15 is 0 Å². The lowest BCUT2D eigenvalue weighted by atomic mass is 9.82. The van der Waals surface area contributed by atoms with Gasteiger partial charge in [0.2, 0.25) is 0 Å². The molecule has 1 aromatic rings. The Morgan fingerprint density at radius 2 is 2.35 bits per heavy atom. The summed E-state index contributed by atoms with van der Waals surface area (Å²) in [6, 6.07) is 5.87. The van der Waals surface area contributed by atoms with Crippen molar-refractivity contribution < 1.29 is 14.3 Å². The van der Waals surface area contributed by atoms with Crippen LogP contribution in [0.1, 0.15) is 30.9 Å². The van der Waals surface area contributed by atoms with E-state index in [1.54, 1.807) is 6.92 Å². The molecule has 1 unspecified atom stereocenters. The molecule has 2 rings (SSSR count). The molecule has 0 bridgehead atoms. The molecule has 0 radical (unpaired) electrons. The highest BCUT2D eigenvalue weighted by Crippen LogP contribution is 2.32. The predicted molar refractivity (Wildman–Crippen MR) is 80.4 cm³/mol. The van der Waals surface area contributed by atoms with Crippen molar-refractivity contribution in [3.05, 3.63) is 33.8 Å². The predicted octanol–water partition coefficient (Wildman–Crippen LogP) is 2.52. The molecular formula is C15H20BrNO3. The Bertz CT molecular complexity index is 484. The summed E-state index contributed by atoms with van der Waals surface area (Å²) < 4.78 is 11.5. The minimum Gasteiger partial charge on any atom is -0.466 e. The van der Waals surface area contributed by atoms with Gasteiger partial charge >= 0.3 is 5.97 Å². The van der Waals surface area contributed by atoms with Crippen LogP contribution in [0.15, 0.2) is 22.7 Å². The van der Waals surface area contributed by atoms with Gasteiger partial charge in [0.15, 0.2) is 0 Å². The number of benzene rings is 1. The van der Waals surface area contributed by atoms with Crippen molar-refractivity contribution in [2.75, 3.05) is 19.8 Å². The quantitative estimate of drug-likeness (QED) is 0.854. The Morgan fingerprint density at radius 1 is 1.55 bits per heavy atom. The molecule has 1 aromatic carbocycles. The summed E-state index contributed by atoms with van der Waals surface area (Å²) in [6.07, 6.45) is 2.04. The van der Waals surface area contributed by atoms with E-state index < -0.39 is 5.54 Å². The van der Waals surface area contributed by atoms with Gasteiger partial charge < -0.3 is 15.2 Å². The largest absolute Gasteiger partial charge is 0.466 e. The van der Waals surface area contributed by atoms with Crippen molar-refractivity contribution in [3.8, 4) is 0 Å². The van der Waals surface area contributed by atoms with Crippen LogP contribution in [0, 0.1) is 0 Å². The highest BCUT2D eigenvalue weighted by atomic mass is 79.9. The topological polar surface area (TPSA) is 61.5 Å². The van der Waals surface area contributed by atoms with Crippen LogP contribution in [-0.4, -0.2) is 25.8 Å². The summed E-state index contributed by atoms with van der Waals surface area (Å²) in [4.78, 5) is 11.8. The molecule has 2 N–H and O–H groups in total. The molecule has 5 heteroatoms. The summed E-state index contributed by atoms with van der Waals surface area (Å²) >= 11 is 3.44. The fourth-order valence-corrected chi connectivity index (χ4v) is 3.00. The Hall–Kier alpha value is -0.910. The highest BCUT2D eigenvalue weighted by Gasteiger charge is 2.32. The summed E-state index contributed by atoms with van der Waals surface area (Å²) in [5.74, 6) is -0.229. The summed E-state index contributed by atoms with van der Waals surface area (Å²) in [6.45, 7) is 3.44. The zero-order chi connectivity index (χ0) is 14.6. The third-order valence-corrected chi connectivity index (χ3v) is 4.01. The third kappa shape index (κ3) is 3.59. The first-order valence-corrected chi connectivity index (χ1v) is 7.65. The molecule has 110 valence electrons. The molecule has 1 aliphatic heterocycles. The lowest BCUT2D eigenvalue weighted by Gasteiger charge is -2.35. The Labute approximate surface area is 127 Å². The molecule has 1 saturated heterocycles. The SMILES string of the molecule is CCOC(=O)Cc1cc(Br)ccc1C1(N)CCCOC1. The molecule has 1 atom stereocenters. The van der Waals surface area contributed by atoms with Crippen LogP contribution in [0.4, 0.5) is 0 Å². The lowest BCUT2D eigenvalue weighted by Crippen LogP contribution is -2.45. The van der Waals surface area contributed by atoms with Crippen molar-refractivity contribution >= 4 is 21.9 Å². The zero-order valence-corrected chi connectivity index (χ0v) is 13.2. The first kappa shape index (κ1) is 15.5. The Morgan fingerprint density at radius 3 is 3.00 bits per heavy atom. The second-order valence-electron chi connectivity index (χ2n) is 5.10. The normalized spacial score (nSPS) is 22.6. The highest BCUT2D eigenvalue weighted by molar-refractivity contribution is 9.10. The smallest absolute Gasteiger partial charge is 0.310 e. The summed E-state index contributed by atoms with van der Waals surface area (Å²) in [5.41, 5.74) is 7.86. The molecule has 0 saturated carbocycles. The molecule has 20 heavy (non-hydrogen) atoms. The van der Waals surface area contributed by atoms with Crippen molar-refractivity contribution in [1.82, 2.24) is 0 Å². The second-order valence-corrected chi connectivity index (χ2v) is 6.01. The van der Waals surface area contributed by atoms with Crippen LogP contribution >= 0.6 is 15.9 Å². The number of nitrogens with two attached hydrogens (primary N) is 1. The number of ether oxygens (including phenoxy) is 2. The van der Waals surface area contributed by atoms with E-state index in [0.717, 1.165) is 35.0 Å². The van der Waals surface area contributed by atoms with Crippen molar-refractivity contribution in [2.24, 2.45) is 5.73 Å². The van der Waals surface area contributed by atoms with E-state index in [9.17, 15) is 4.79 Å². The number of halogens is 1. The zero-order valence-electron chi connectivity index (χ0n) is 11.7. The molecule has 0 amide bonds. The first-order valence-electron chi connectivity index (χ1n) is 6.86. The lowest BCUT2D eigenvalue weighted by molar-refractivity contribution is -0.142. The molecule has 1 aliphatic rings. The van der Waals surface area contributed by atoms with Gasteiger partial charge in [-0.15, -0.1) is 0 Å². The average molecular weight is 342 g/mol. The number of carbonyl (C=O) groups excluding carboxylic acids is 1. The fraction of sp³-hybridized carbons (Fsp3) is 0.533. The van der Waals surface area contributed by atoms with E-state index in [1.807, 2.05) is 18.2 Å². The van der Waals surface area contributed by atoms with Gasteiger partial charge in [0.25, 0.3) is 0 Å². The van der Waals surface area contributed by atoms with E-state index in [1.165, 1.54) is 0 Å². The van der Waals surface area contributed by atoms with Gasteiger partial charge in [-0.25, -0.2) is 0 Å². The fourth-order valence-electron chi connectivity index (χ4n) is 2.59. The maximum absolute atomic E-state index is 11.8. The molecule has 1 fully saturated rings. The Kier molecular flexibility index (Phi) is 5.18. The van der Waals surface area contributed by atoms with Gasteiger partial charge in [-0.1, -0.05) is 22.0 Å². The van der Waals surface area contributed by atoms with Gasteiger partial charge in [0.1, 0.15) is 0 Å². The number of carbonyl (C=O) groups is 1. The van der Waals surface area contributed by atoms with Gasteiger partial charge in [0.05, 0.1) is 25.2 Å². The second kappa shape index (κ2) is 6.70. The third-order valence-electron chi connectivity index (χ3n) is 3.51. The first-order chi connectivity index (χ1) is 9.55. The number of esters is 1. The molecule has 0 aromatic heterocycles. The van der Waals surface area contributed by atoms with Crippen LogP contribution in [0.2, 0.25) is 0 Å². The summed E-state index contributed by atoms with van der Waals surface area (Å²) in [5, 5.41) is 0. The van der Waals surface area contributed by atoms with E-state index in [-0.39, 0.29) is 12.4 Å². The minimum atomic E-state index is -0.513. The van der Waals surface area contributed by atoms with E-state index in [0.29, 0.717) is 13.2 Å². The van der Waals surface area contributed by atoms with Crippen LogP contribution in [-0.2, 0) is 26.2 Å². The van der Waals surface area contributed by atoms with Gasteiger partial charge in [-0.3, -0.25) is 4.79 Å². The number of rotatable bonds is 4. The van der Waals surface area contributed by atoms with Crippen LogP contribution < -0.4 is 5.73 Å². The maximum atomic E-state index is 11.8. The minimum absolute atomic E-state index is 0.229. The molecular weight excluding hydrogens is 322 g/mol. The molecule has 0 aliphatic carbocycles. The van der Waals surface area contributed by atoms with Crippen molar-refractivity contribution in [3.63, 3.8) is 0 Å².